The number of hydrogen-bond acceptors (Lipinski definition) is 4. The molecule has 7 nitrogen and oxygen atoms in total. The highest BCUT2D eigenvalue weighted by molar-refractivity contribution is 5.92. The third-order valence-corrected chi connectivity index (χ3v) is 3.23. The van der Waals surface area contributed by atoms with Gasteiger partial charge >= 0.3 is 5.97 Å². The summed E-state index contributed by atoms with van der Waals surface area (Å²) in [5.74, 6) is -1.43. The van der Waals surface area contributed by atoms with E-state index in [1.165, 1.54) is 13.0 Å². The Labute approximate surface area is 155 Å². The Bertz CT molecular complexity index is 530. The minimum Gasteiger partial charge on any atom is -0.478 e. The molecule has 0 aliphatic carbocycles. The summed E-state index contributed by atoms with van der Waals surface area (Å²) in [6.07, 6.45) is 2.96. The second-order valence-electron chi connectivity index (χ2n) is 5.32. The van der Waals surface area contributed by atoms with Crippen LogP contribution in [0.3, 0.4) is 0 Å². The van der Waals surface area contributed by atoms with Crippen molar-refractivity contribution in [1.82, 2.24) is 16.0 Å². The highest BCUT2D eigenvalue weighted by Crippen LogP contribution is 2.08. The van der Waals surface area contributed by atoms with Gasteiger partial charge in [0.25, 0.3) is 0 Å². The average molecular weight is 374 g/mol. The molecule has 8 heteroatoms. The Hall–Kier alpha value is -2.28. The van der Waals surface area contributed by atoms with Crippen LogP contribution in [0.25, 0.3) is 0 Å². The molecule has 0 aliphatic heterocycles. The Morgan fingerprint density at radius 3 is 2.08 bits per heavy atom. The van der Waals surface area contributed by atoms with Gasteiger partial charge in [-0.05, 0) is 39.2 Å². The van der Waals surface area contributed by atoms with Crippen LogP contribution < -0.4 is 16.0 Å². The molecule has 0 saturated heterocycles. The van der Waals surface area contributed by atoms with E-state index in [4.69, 9.17) is 5.11 Å². The summed E-state index contributed by atoms with van der Waals surface area (Å²) in [5, 5.41) is 17.6. The van der Waals surface area contributed by atoms with Gasteiger partial charge in [0.1, 0.15) is 0 Å². The van der Waals surface area contributed by atoms with E-state index in [2.05, 4.69) is 29.1 Å². The van der Waals surface area contributed by atoms with Crippen molar-refractivity contribution in [2.75, 3.05) is 19.6 Å². The van der Waals surface area contributed by atoms with Gasteiger partial charge in [0.15, 0.2) is 0 Å². The van der Waals surface area contributed by atoms with Crippen LogP contribution in [0.2, 0.25) is 0 Å². The summed E-state index contributed by atoms with van der Waals surface area (Å²) in [4.78, 5) is 33.5. The molecule has 2 amide bonds. The summed E-state index contributed by atoms with van der Waals surface area (Å²) in [7, 11) is 0. The Balaban J connectivity index is 0. The van der Waals surface area contributed by atoms with Crippen LogP contribution >= 0.6 is 12.4 Å². The van der Waals surface area contributed by atoms with E-state index in [1.807, 2.05) is 0 Å². The van der Waals surface area contributed by atoms with E-state index in [0.29, 0.717) is 50.2 Å². The van der Waals surface area contributed by atoms with Crippen molar-refractivity contribution in [3.8, 4) is 0 Å². The zero-order valence-corrected chi connectivity index (χ0v) is 15.6. The topological polar surface area (TPSA) is 108 Å². The van der Waals surface area contributed by atoms with Crippen LogP contribution in [0.4, 0.5) is 0 Å². The molecule has 0 saturated carbocycles. The number of carboxylic acids is 1. The highest BCUT2D eigenvalue weighted by atomic mass is 35.5. The number of carbonyl (C=O) groups excluding carboxylic acids is 2. The molecule has 0 fully saturated rings. The molecule has 25 heavy (non-hydrogen) atoms. The summed E-state index contributed by atoms with van der Waals surface area (Å²) >= 11 is 0. The molecule has 0 rings (SSSR count). The molecule has 0 spiro atoms. The van der Waals surface area contributed by atoms with Gasteiger partial charge in [-0.1, -0.05) is 13.2 Å². The lowest BCUT2D eigenvalue weighted by Gasteiger charge is -2.14. The van der Waals surface area contributed by atoms with Crippen molar-refractivity contribution >= 4 is 30.2 Å². The maximum atomic E-state index is 11.3. The fourth-order valence-electron chi connectivity index (χ4n) is 1.77. The van der Waals surface area contributed by atoms with Crippen molar-refractivity contribution in [2.24, 2.45) is 0 Å². The lowest BCUT2D eigenvalue weighted by atomic mass is 10.1. The molecule has 0 aromatic rings. The van der Waals surface area contributed by atoms with Gasteiger partial charge in [-0.15, -0.1) is 12.4 Å². The molecule has 0 aliphatic rings. The quantitative estimate of drug-likeness (QED) is 0.306. The van der Waals surface area contributed by atoms with Gasteiger partial charge in [-0.2, -0.15) is 0 Å². The average Bonchev–Trinajstić information content (AvgIpc) is 2.54. The van der Waals surface area contributed by atoms with Crippen LogP contribution in [-0.2, 0) is 14.4 Å². The zero-order valence-electron chi connectivity index (χ0n) is 14.8. The fourth-order valence-corrected chi connectivity index (χ4v) is 1.77. The smallest absolute Gasteiger partial charge is 0.333 e. The molecule has 0 unspecified atom stereocenters. The second-order valence-corrected chi connectivity index (χ2v) is 5.32. The first-order chi connectivity index (χ1) is 11.3. The van der Waals surface area contributed by atoms with Crippen molar-refractivity contribution in [2.45, 2.75) is 33.1 Å². The number of carbonyl (C=O) groups is 3. The van der Waals surface area contributed by atoms with Crippen LogP contribution in [-0.4, -0.2) is 42.5 Å². The lowest BCUT2D eigenvalue weighted by molar-refractivity contribution is -0.132. The first kappa shape index (κ1) is 25.0. The highest BCUT2D eigenvalue weighted by Gasteiger charge is 2.09. The van der Waals surface area contributed by atoms with Crippen LogP contribution in [0.15, 0.2) is 36.1 Å². The fraction of sp³-hybridized carbons (Fsp3) is 0.471. The molecule has 0 bridgehead atoms. The van der Waals surface area contributed by atoms with Gasteiger partial charge in [-0.25, -0.2) is 4.79 Å². The van der Waals surface area contributed by atoms with E-state index < -0.39 is 5.97 Å². The van der Waals surface area contributed by atoms with Crippen LogP contribution in [0.5, 0.6) is 0 Å². The number of aliphatic carboxylic acids is 1. The molecule has 4 N–H and O–H groups in total. The van der Waals surface area contributed by atoms with Crippen LogP contribution in [0.1, 0.15) is 33.1 Å². The maximum absolute atomic E-state index is 11.3. The number of hydrogen-bond donors (Lipinski definition) is 4. The van der Waals surface area contributed by atoms with Gasteiger partial charge in [0, 0.05) is 30.9 Å². The van der Waals surface area contributed by atoms with Crippen molar-refractivity contribution in [1.29, 1.82) is 0 Å². The second kappa shape index (κ2) is 14.1. The molecule has 0 aromatic carbocycles. The largest absolute Gasteiger partial charge is 0.478 e. The normalized spacial score (nSPS) is 10.6. The third-order valence-electron chi connectivity index (χ3n) is 3.23. The number of halogens is 1. The first-order valence-electron chi connectivity index (χ1n) is 7.80. The summed E-state index contributed by atoms with van der Waals surface area (Å²) in [5.41, 5.74) is 1.32. The number of nitrogens with one attached hydrogen (secondary N) is 3. The SMILES string of the molecule is C=CC(=O)NCCCC(NCCCNC(=O)C(=C)C)=C(C)C(=O)O.Cl. The van der Waals surface area contributed by atoms with Crippen LogP contribution in [0, 0.1) is 0 Å². The van der Waals surface area contributed by atoms with Gasteiger partial charge in [-0.3, -0.25) is 9.59 Å². The van der Waals surface area contributed by atoms with E-state index in [0.717, 1.165) is 0 Å². The summed E-state index contributed by atoms with van der Waals surface area (Å²) in [6.45, 7) is 11.5. The van der Waals surface area contributed by atoms with Crippen molar-refractivity contribution < 1.29 is 19.5 Å². The zero-order chi connectivity index (χ0) is 18.5. The number of rotatable bonds is 12. The molecule has 142 valence electrons. The minimum absolute atomic E-state index is 0. The molecular weight excluding hydrogens is 346 g/mol. The molecular formula is C17H28ClN3O4. The van der Waals surface area contributed by atoms with E-state index in [-0.39, 0.29) is 29.8 Å². The number of amides is 2. The monoisotopic (exact) mass is 373 g/mol. The minimum atomic E-state index is -0.983. The Morgan fingerprint density at radius 2 is 1.56 bits per heavy atom. The van der Waals surface area contributed by atoms with Gasteiger partial charge in [0.05, 0.1) is 5.57 Å². The van der Waals surface area contributed by atoms with Crippen molar-refractivity contribution in [3.63, 3.8) is 0 Å². The molecule has 0 atom stereocenters. The standard InChI is InChI=1S/C17H27N3O4.ClH/c1-5-15(21)19-9-6-8-14(13(4)17(23)24)18-10-7-11-20-16(22)12(2)3;/h5,18H,1-2,6-11H2,3-4H3,(H,19,21)(H,20,22)(H,23,24);1H. The van der Waals surface area contributed by atoms with E-state index in [9.17, 15) is 14.4 Å². The third kappa shape index (κ3) is 11.8. The predicted molar refractivity (Wildman–Crippen MR) is 100 cm³/mol. The van der Waals surface area contributed by atoms with Crippen molar-refractivity contribution in [3.05, 3.63) is 36.1 Å². The molecule has 0 aromatic heterocycles. The first-order valence-corrected chi connectivity index (χ1v) is 7.80. The van der Waals surface area contributed by atoms with Gasteiger partial charge < -0.3 is 21.1 Å². The Kier molecular flexibility index (Phi) is 14.1. The summed E-state index contributed by atoms with van der Waals surface area (Å²) in [6, 6.07) is 0. The van der Waals surface area contributed by atoms with Gasteiger partial charge in [0.2, 0.25) is 11.8 Å². The number of carboxylic acid groups (broad SMARTS) is 1. The lowest BCUT2D eigenvalue weighted by Crippen LogP contribution is -2.28. The maximum Gasteiger partial charge on any atom is 0.333 e. The number of allylic oxidation sites excluding steroid dienone is 1. The Morgan fingerprint density at radius 1 is 1.00 bits per heavy atom. The predicted octanol–water partition coefficient (Wildman–Crippen LogP) is 1.52. The van der Waals surface area contributed by atoms with E-state index in [1.54, 1.807) is 6.92 Å². The summed E-state index contributed by atoms with van der Waals surface area (Å²) < 4.78 is 0. The van der Waals surface area contributed by atoms with E-state index >= 15 is 0 Å². The molecule has 0 radical (unpaired) electrons. The molecule has 0 heterocycles.